The first-order valence-electron chi connectivity index (χ1n) is 4.00. The van der Waals surface area contributed by atoms with E-state index in [4.69, 9.17) is 22.4 Å². The van der Waals surface area contributed by atoms with Crippen molar-refractivity contribution < 1.29 is 0 Å². The van der Waals surface area contributed by atoms with Gasteiger partial charge in [0, 0.05) is 227 Å². The van der Waals surface area contributed by atoms with E-state index in [2.05, 4.69) is 0 Å². The van der Waals surface area contributed by atoms with Crippen LogP contribution in [0, 0.1) is 0 Å². The molecule has 0 saturated carbocycles. The van der Waals surface area contributed by atoms with E-state index in [0.29, 0.717) is 0 Å². The summed E-state index contributed by atoms with van der Waals surface area (Å²) in [6.45, 7) is 0. The van der Waals surface area contributed by atoms with Crippen LogP contribution in [0.3, 0.4) is 0 Å². The fourth-order valence-electron chi connectivity index (χ4n) is 0.238. The molecule has 0 aliphatic heterocycles. The van der Waals surface area contributed by atoms with Gasteiger partial charge in [-0.3, -0.25) is 0 Å². The molecule has 25 heteroatoms. The molecule has 25 heavy (non-hydrogen) atoms. The Labute approximate surface area is 220 Å². The first kappa shape index (κ1) is 30.5. The van der Waals surface area contributed by atoms with Crippen molar-refractivity contribution >= 4 is 227 Å². The highest BCUT2D eigenvalue weighted by Gasteiger charge is 1.42. The van der Waals surface area contributed by atoms with Crippen LogP contribution in [0.2, 0.25) is 0 Å². The quantitative estimate of drug-likeness (QED) is 0.338. The molecule has 0 radical (unpaired) electrons. The Kier molecular flexibility index (Phi) is 36.0. The largest absolute Gasteiger partial charge is 0 e. The van der Waals surface area contributed by atoms with Crippen LogP contribution in [0.4, 0.5) is 0 Å². The molecule has 150 valence electrons. The van der Waals surface area contributed by atoms with Crippen molar-refractivity contribution in [2.45, 2.75) is 0 Å². The molecule has 0 fully saturated rings. The fourth-order valence-corrected chi connectivity index (χ4v) is 57.9. The molecular weight excluding hydrogens is 802 g/mol. The normalized spacial score (nSPS) is 7.52. The summed E-state index contributed by atoms with van der Waals surface area (Å²) in [5, 5.41) is 0. The predicted molar refractivity (Wildman–Crippen MR) is 184 cm³/mol. The Balaban J connectivity index is 5.88. The van der Waals surface area contributed by atoms with Gasteiger partial charge in [-0.25, -0.2) is 0 Å². The van der Waals surface area contributed by atoms with Crippen LogP contribution in [0.25, 0.3) is 0 Å². The molecule has 0 amide bonds. The smallest absolute Gasteiger partial charge is 0 e. The van der Waals surface area contributed by atoms with Gasteiger partial charge in [-0.2, -0.15) is 0 Å². The van der Waals surface area contributed by atoms with Crippen LogP contribution in [0.1, 0.15) is 0 Å². The van der Waals surface area contributed by atoms with Crippen LogP contribution < -0.4 is 0 Å². The second kappa shape index (κ2) is 29.5. The fraction of sp³-hybridized carbons (Fsp3) is 0. The highest BCUT2D eigenvalue weighted by molar-refractivity contribution is 8.79. The first-order chi connectivity index (χ1) is 12.4. The van der Waals surface area contributed by atoms with Gasteiger partial charge in [0.25, 0.3) is 0 Å². The van der Waals surface area contributed by atoms with Crippen molar-refractivity contribution in [2.75, 3.05) is 0 Å². The van der Waals surface area contributed by atoms with Gasteiger partial charge in [-0.15, -0.1) is 0 Å². The molecule has 0 rings (SSSR count). The summed E-state index contributed by atoms with van der Waals surface area (Å²) in [7, 11) is 40.0. The van der Waals surface area contributed by atoms with Crippen molar-refractivity contribution in [3.8, 4) is 0 Å². The van der Waals surface area contributed by atoms with E-state index in [0.717, 1.165) is 0 Å². The summed E-state index contributed by atoms with van der Waals surface area (Å²) in [6.07, 6.45) is 0. The summed E-state index contributed by atoms with van der Waals surface area (Å²) in [5.74, 6) is 0. The summed E-state index contributed by atoms with van der Waals surface area (Å²) in [5.41, 5.74) is 0. The molecule has 0 heterocycles. The monoisotopic (exact) mass is 799 g/mol. The van der Waals surface area contributed by atoms with Crippen molar-refractivity contribution in [1.82, 2.24) is 0 Å². The molecule has 0 nitrogen and oxygen atoms in total. The Morgan fingerprint density at radius 2 is 0.320 bits per heavy atom. The molecular formula is S25. The number of hydrogen-bond acceptors (Lipinski definition) is 2. The third-order valence-electron chi connectivity index (χ3n) is 0.611. The molecule has 0 aromatic rings. The Bertz CT molecular complexity index is 1300. The van der Waals surface area contributed by atoms with Crippen LogP contribution in [-0.4, -0.2) is 0 Å². The summed E-state index contributed by atoms with van der Waals surface area (Å²) < 4.78 is 0. The van der Waals surface area contributed by atoms with E-state index < -0.39 is 0 Å². The molecule has 0 spiro atoms. The third-order valence-corrected chi connectivity index (χ3v) is 49.5. The van der Waals surface area contributed by atoms with E-state index in [1.165, 1.54) is 17.8 Å². The maximum atomic E-state index is 4.77. The first-order valence-corrected chi connectivity index (χ1v) is 36.0. The average Bonchev–Trinajstić information content (AvgIpc) is 2.63. The highest BCUT2D eigenvalue weighted by Crippen LogP contribution is 1.42. The minimum atomic E-state index is 1.37. The summed E-state index contributed by atoms with van der Waals surface area (Å²) >= 11 is 9.55. The summed E-state index contributed by atoms with van der Waals surface area (Å²) in [4.78, 5) is 0. The maximum absolute atomic E-state index is 4.77. The third kappa shape index (κ3) is 29.5. The van der Waals surface area contributed by atoms with Crippen LogP contribution in [0.15, 0.2) is 0 Å². The number of hydrogen-bond donors (Lipinski definition) is 0. The Morgan fingerprint density at radius 3 is 0.440 bits per heavy atom. The Morgan fingerprint density at radius 1 is 0.200 bits per heavy atom. The van der Waals surface area contributed by atoms with Gasteiger partial charge < -0.3 is 0 Å². The second-order valence-electron chi connectivity index (χ2n) is 1.56. The van der Waals surface area contributed by atoms with Gasteiger partial charge in [0.15, 0.2) is 0 Å². The molecule has 0 aromatic carbocycles. The van der Waals surface area contributed by atoms with Crippen LogP contribution in [-0.2, 0) is 227 Å². The highest BCUT2D eigenvalue weighted by atomic mass is 33.5. The van der Waals surface area contributed by atoms with E-state index in [-0.39, 0.29) is 0 Å². The second-order valence-corrected chi connectivity index (χ2v) is 42.3. The van der Waals surface area contributed by atoms with Crippen LogP contribution >= 0.6 is 0 Å². The summed E-state index contributed by atoms with van der Waals surface area (Å²) in [6, 6.07) is 0. The zero-order chi connectivity index (χ0) is 18.3. The van der Waals surface area contributed by atoms with Gasteiger partial charge in [0.05, 0.1) is 0 Å². The molecule has 0 unspecified atom stereocenters. The van der Waals surface area contributed by atoms with Crippen molar-refractivity contribution in [2.24, 2.45) is 0 Å². The lowest BCUT2D eigenvalue weighted by molar-refractivity contribution is 5.96. The van der Waals surface area contributed by atoms with Gasteiger partial charge in [-0.1, -0.05) is 0 Å². The van der Waals surface area contributed by atoms with E-state index in [9.17, 15) is 0 Å². The van der Waals surface area contributed by atoms with Crippen molar-refractivity contribution in [3.63, 3.8) is 0 Å². The molecule has 0 aliphatic rings. The van der Waals surface area contributed by atoms with Crippen LogP contribution in [0.5, 0.6) is 0 Å². The maximum Gasteiger partial charge on any atom is 0 e. The molecule has 0 bridgehead atoms. The molecule has 0 aromatic heterocycles. The molecule has 0 aliphatic carbocycles. The lowest BCUT2D eigenvalue weighted by Crippen LogP contribution is -1.41. The van der Waals surface area contributed by atoms with E-state index >= 15 is 0 Å². The van der Waals surface area contributed by atoms with E-state index in [1.54, 1.807) is 124 Å². The van der Waals surface area contributed by atoms with Gasteiger partial charge >= 0.3 is 0 Å². The topological polar surface area (TPSA) is 0 Å². The predicted octanol–water partition coefficient (Wildman–Crippen LogP) is -0.0600. The van der Waals surface area contributed by atoms with Crippen molar-refractivity contribution in [1.29, 1.82) is 0 Å². The van der Waals surface area contributed by atoms with Gasteiger partial charge in [0.2, 0.25) is 0 Å². The molecule has 0 N–H and O–H groups in total. The van der Waals surface area contributed by atoms with Crippen molar-refractivity contribution in [3.05, 3.63) is 0 Å². The minimum Gasteiger partial charge on any atom is 0 e. The number of rotatable bonds is 0. The average molecular weight is 802 g/mol. The Hall–Kier alpha value is 5.50. The zero-order valence-corrected chi connectivity index (χ0v) is 30.6. The van der Waals surface area contributed by atoms with Gasteiger partial charge in [0.1, 0.15) is 0 Å². The molecule has 0 saturated heterocycles. The van der Waals surface area contributed by atoms with E-state index in [1.807, 2.05) is 62.2 Å². The minimum absolute atomic E-state index is 1.37. The standard InChI is InChI=1S/S25/c1-3-5-7-9-11-13-15-17-19-21-23-25-24-22-20-18-16-14-12-10-8-6-4-2. The lowest BCUT2D eigenvalue weighted by Gasteiger charge is -1.40. The van der Waals surface area contributed by atoms with Gasteiger partial charge in [-0.05, 0) is 0 Å². The molecule has 0 atom stereocenters. The lowest BCUT2D eigenvalue weighted by atomic mass is 30.7. The zero-order valence-electron chi connectivity index (χ0n) is 10.2. The SMILES string of the molecule is S=S=S=S=S=S=S=S=S=S=S=S=S=S=S=S=S=S=S=S=S=S=S=S=S.